The van der Waals surface area contributed by atoms with Crippen LogP contribution < -0.4 is 26.4 Å². The Labute approximate surface area is 582 Å². The second-order valence-electron chi connectivity index (χ2n) is 23.5. The summed E-state index contributed by atoms with van der Waals surface area (Å²) in [6.07, 6.45) is 9.72. The van der Waals surface area contributed by atoms with E-state index in [1.165, 1.54) is 0 Å². The van der Waals surface area contributed by atoms with Gasteiger partial charge in [0.1, 0.15) is 29.2 Å². The van der Waals surface area contributed by atoms with Gasteiger partial charge in [-0.05, 0) is 89.8 Å². The number of aryl methyl sites for hydroxylation is 4. The molecule has 0 saturated carbocycles. The van der Waals surface area contributed by atoms with Gasteiger partial charge in [0.2, 0.25) is 23.7 Å². The Bertz CT molecular complexity index is 3590. The van der Waals surface area contributed by atoms with E-state index < -0.39 is 29.5 Å². The number of hydrogen-bond acceptors (Lipinski definition) is 22. The van der Waals surface area contributed by atoms with Crippen molar-refractivity contribution in [3.63, 3.8) is 0 Å². The van der Waals surface area contributed by atoms with Crippen LogP contribution in [0.3, 0.4) is 0 Å². The van der Waals surface area contributed by atoms with Crippen LogP contribution in [-0.2, 0) is 83.2 Å². The van der Waals surface area contributed by atoms with Crippen molar-refractivity contribution in [2.75, 3.05) is 189 Å². The molecule has 0 atom stereocenters. The number of hydrogen-bond donors (Lipinski definition) is 4. The summed E-state index contributed by atoms with van der Waals surface area (Å²) in [6.45, 7) is 23.5. The zero-order valence-electron chi connectivity index (χ0n) is 58.2. The van der Waals surface area contributed by atoms with Crippen LogP contribution in [0.2, 0.25) is 0 Å². The van der Waals surface area contributed by atoms with Crippen LogP contribution in [0.1, 0.15) is 82.3 Å². The molecule has 8 rings (SSSR count). The maximum atomic E-state index is 14.0. The molecular formula is C69H99N15O16. The van der Waals surface area contributed by atoms with E-state index in [1.54, 1.807) is 33.6 Å². The molecule has 1 saturated heterocycles. The number of anilines is 2. The summed E-state index contributed by atoms with van der Waals surface area (Å²) in [5.41, 5.74) is 10.9. The number of nitrogens with zero attached hydrogens (tertiary/aromatic N) is 11. The number of imidazole rings is 2. The summed E-state index contributed by atoms with van der Waals surface area (Å²) in [5.74, 6) is -1.76. The number of ether oxygens (including phenoxy) is 10. The van der Waals surface area contributed by atoms with Crippen molar-refractivity contribution in [3.05, 3.63) is 101 Å². The SMILES string of the molecule is CCn1nc(C)cc1C(=O)Nc1nc2ccccc2n1C/C=C/Cn1c(NC(=O)c2cc(C)nn2CC)nc2cc(C(N)=O)cc(OCCCN3CCN(CCOCCOCCOCCOCCOCCOCCOCCCCCOCCOCCNC(=O)CN4C(=O)C=CC4=O)CC3)c21. The van der Waals surface area contributed by atoms with Crippen LogP contribution in [0.15, 0.2) is 72.8 Å². The smallest absolute Gasteiger partial charge is 0.276 e. The number of unbranched alkanes of at least 4 members (excludes halogenated alkanes) is 2. The van der Waals surface area contributed by atoms with Gasteiger partial charge in [0.05, 0.1) is 140 Å². The average Bonchev–Trinajstić information content (AvgIpc) is 1.61. The summed E-state index contributed by atoms with van der Waals surface area (Å²) in [5, 5.41) is 17.6. The number of imide groups is 1. The van der Waals surface area contributed by atoms with Crippen LogP contribution in [0, 0.1) is 13.8 Å². The van der Waals surface area contributed by atoms with Gasteiger partial charge >= 0.3 is 0 Å². The number of allylic oxidation sites excluding steroid dienone is 2. The van der Waals surface area contributed by atoms with Crippen LogP contribution in [0.25, 0.3) is 22.1 Å². The number of carbonyl (C=O) groups is 6. The molecule has 100 heavy (non-hydrogen) atoms. The van der Waals surface area contributed by atoms with Crippen LogP contribution in [-0.4, -0.2) is 267 Å². The number of rotatable bonds is 51. The molecule has 2 aliphatic heterocycles. The molecule has 5 N–H and O–H groups in total. The molecule has 546 valence electrons. The molecule has 2 aromatic carbocycles. The van der Waals surface area contributed by atoms with Crippen LogP contribution >= 0.6 is 0 Å². The number of fused-ring (bicyclic) bond motifs is 2. The third-order valence-corrected chi connectivity index (χ3v) is 16.2. The monoisotopic (exact) mass is 1390 g/mol. The van der Waals surface area contributed by atoms with E-state index in [0.717, 1.165) is 86.8 Å². The summed E-state index contributed by atoms with van der Waals surface area (Å²) in [7, 11) is 0. The molecule has 0 radical (unpaired) electrons. The van der Waals surface area contributed by atoms with Crippen molar-refractivity contribution in [2.24, 2.45) is 5.73 Å². The van der Waals surface area contributed by atoms with Gasteiger partial charge in [-0.15, -0.1) is 0 Å². The van der Waals surface area contributed by atoms with Gasteiger partial charge in [-0.3, -0.25) is 58.6 Å². The van der Waals surface area contributed by atoms with Gasteiger partial charge in [0, 0.05) is 103 Å². The molecule has 0 spiro atoms. The highest BCUT2D eigenvalue weighted by atomic mass is 16.6. The van der Waals surface area contributed by atoms with E-state index in [2.05, 4.69) is 35.9 Å². The fourth-order valence-electron chi connectivity index (χ4n) is 11.0. The fourth-order valence-corrected chi connectivity index (χ4v) is 11.0. The lowest BCUT2D eigenvalue weighted by atomic mass is 10.1. The van der Waals surface area contributed by atoms with Crippen LogP contribution in [0.4, 0.5) is 11.9 Å². The largest absolute Gasteiger partial charge is 0.491 e. The number of primary amides is 1. The van der Waals surface area contributed by atoms with Gasteiger partial charge in [-0.25, -0.2) is 9.97 Å². The third kappa shape index (κ3) is 25.1. The van der Waals surface area contributed by atoms with Gasteiger partial charge in [-0.1, -0.05) is 24.3 Å². The minimum absolute atomic E-state index is 0.218. The van der Waals surface area contributed by atoms with Crippen molar-refractivity contribution in [2.45, 2.75) is 79.6 Å². The summed E-state index contributed by atoms with van der Waals surface area (Å²) < 4.78 is 64.2. The van der Waals surface area contributed by atoms with Crippen molar-refractivity contribution in [1.29, 1.82) is 0 Å². The number of para-hydroxylation sites is 2. The lowest BCUT2D eigenvalue weighted by molar-refractivity contribution is -0.141. The molecule has 1 fully saturated rings. The summed E-state index contributed by atoms with van der Waals surface area (Å²) >= 11 is 0. The number of nitrogens with two attached hydrogens (primary N) is 1. The standard InChI is InChI=1S/C69H99N15O16/c1-5-83-58(47-52(3)76-83)66(89)74-68-72-55-15-8-9-16-57(55)80(68)21-10-11-22-81-64-56(73-69(81)75-67(90)59-48-53(4)77-84(59)6-2)49-54(65(70)88)50-60(64)100-30-14-20-78-23-25-79(26-24-78)27-32-94-36-38-96-40-42-98-44-46-99-45-43-97-41-39-95-37-34-92-29-13-7-12-28-91-33-35-93-31-19-71-61(85)51-82-62(86)17-18-63(82)87/h8-11,15-18,47-50H,5-7,12-14,19-46,51H2,1-4H3,(H2,70,88)(H,71,85)(H,72,74,89)(H,73,75,90)/b11-10+. The van der Waals surface area contributed by atoms with Crippen molar-refractivity contribution >= 4 is 69.4 Å². The Morgan fingerprint density at radius 2 is 1.00 bits per heavy atom. The van der Waals surface area contributed by atoms with E-state index in [9.17, 15) is 28.8 Å². The van der Waals surface area contributed by atoms with E-state index in [-0.39, 0.29) is 37.1 Å². The Morgan fingerprint density at radius 1 is 0.530 bits per heavy atom. The van der Waals surface area contributed by atoms with Crippen molar-refractivity contribution < 1.29 is 76.1 Å². The molecule has 0 aliphatic carbocycles. The number of piperazine rings is 1. The molecule has 6 aromatic rings. The first-order chi connectivity index (χ1) is 48.8. The molecule has 0 unspecified atom stereocenters. The first-order valence-corrected chi connectivity index (χ1v) is 34.5. The second kappa shape index (κ2) is 42.7. The van der Waals surface area contributed by atoms with E-state index in [0.29, 0.717) is 197 Å². The molecule has 4 aromatic heterocycles. The topological polar surface area (TPSA) is 338 Å². The highest BCUT2D eigenvalue weighted by molar-refractivity contribution is 6.14. The highest BCUT2D eigenvalue weighted by Crippen LogP contribution is 2.32. The summed E-state index contributed by atoms with van der Waals surface area (Å²) in [6, 6.07) is 14.4. The fraction of sp³-hybridized carbons (Fsp3) is 0.565. The van der Waals surface area contributed by atoms with Gasteiger partial charge in [0.15, 0.2) is 0 Å². The molecular weight excluding hydrogens is 1290 g/mol. The predicted octanol–water partition coefficient (Wildman–Crippen LogP) is 4.04. The van der Waals surface area contributed by atoms with E-state index in [1.807, 2.05) is 73.2 Å². The quantitative estimate of drug-likeness (QED) is 0.0238. The Hall–Kier alpha value is -8.34. The number of aromatic nitrogens is 8. The van der Waals surface area contributed by atoms with Gasteiger partial charge in [0.25, 0.3) is 23.6 Å². The lowest BCUT2D eigenvalue weighted by Gasteiger charge is -2.34. The lowest BCUT2D eigenvalue weighted by Crippen LogP contribution is -2.47. The first-order valence-electron chi connectivity index (χ1n) is 34.5. The van der Waals surface area contributed by atoms with Crippen molar-refractivity contribution in [3.8, 4) is 5.75 Å². The molecule has 31 heteroatoms. The normalized spacial score (nSPS) is 13.7. The molecule has 2 aliphatic rings. The minimum Gasteiger partial charge on any atom is -0.491 e. The molecule has 6 amide bonds. The first kappa shape index (κ1) is 77.4. The maximum Gasteiger partial charge on any atom is 0.276 e. The summed E-state index contributed by atoms with van der Waals surface area (Å²) in [4.78, 5) is 90.6. The maximum absolute atomic E-state index is 14.0. The zero-order valence-corrected chi connectivity index (χ0v) is 58.2. The molecule has 6 heterocycles. The molecule has 31 nitrogen and oxygen atoms in total. The zero-order chi connectivity index (χ0) is 70.7. The highest BCUT2D eigenvalue weighted by Gasteiger charge is 2.27. The number of benzene rings is 2. The van der Waals surface area contributed by atoms with E-state index >= 15 is 0 Å². The molecule has 0 bridgehead atoms. The number of carbonyl (C=O) groups excluding carboxylic acids is 6. The average molecular weight is 1390 g/mol. The van der Waals surface area contributed by atoms with E-state index in [4.69, 9.17) is 63.1 Å². The Morgan fingerprint density at radius 3 is 1.53 bits per heavy atom. The second-order valence-corrected chi connectivity index (χ2v) is 23.5. The minimum atomic E-state index is -0.643. The van der Waals surface area contributed by atoms with Crippen molar-refractivity contribution in [1.82, 2.24) is 58.7 Å². The number of nitrogens with one attached hydrogen (secondary N) is 3. The Balaban J connectivity index is 0.633. The number of amides is 6. The van der Waals surface area contributed by atoms with Gasteiger partial charge in [-0.2, -0.15) is 10.2 Å². The Kier molecular flexibility index (Phi) is 33.0. The predicted molar refractivity (Wildman–Crippen MR) is 371 cm³/mol. The third-order valence-electron chi connectivity index (χ3n) is 16.2. The van der Waals surface area contributed by atoms with Crippen LogP contribution in [0.5, 0.6) is 5.75 Å². The van der Waals surface area contributed by atoms with Gasteiger partial charge < -0.3 is 72.5 Å².